The van der Waals surface area contributed by atoms with Crippen LogP contribution < -0.4 is 15.4 Å². The second-order valence-corrected chi connectivity index (χ2v) is 5.44. The van der Waals surface area contributed by atoms with Crippen LogP contribution in [0.4, 0.5) is 5.69 Å². The fourth-order valence-corrected chi connectivity index (χ4v) is 2.29. The second kappa shape index (κ2) is 7.29. The molecule has 0 aliphatic carbocycles. The SMILES string of the molecule is COc1ccc(NC(=S)N[C@@H](C)c2ccc(Cl)cc2)cc1. The molecule has 0 fully saturated rings. The van der Waals surface area contributed by atoms with Crippen LogP contribution in [0.3, 0.4) is 0 Å². The molecule has 0 bridgehead atoms. The van der Waals surface area contributed by atoms with E-state index in [0.29, 0.717) is 5.11 Å². The molecule has 2 aromatic carbocycles. The van der Waals surface area contributed by atoms with Gasteiger partial charge in [-0.25, -0.2) is 0 Å². The van der Waals surface area contributed by atoms with Crippen LogP contribution in [0.5, 0.6) is 5.75 Å². The average molecular weight is 321 g/mol. The molecule has 5 heteroatoms. The highest BCUT2D eigenvalue weighted by Gasteiger charge is 2.07. The zero-order chi connectivity index (χ0) is 15.2. The second-order valence-electron chi connectivity index (χ2n) is 4.60. The van der Waals surface area contributed by atoms with Crippen LogP contribution in [0.2, 0.25) is 5.02 Å². The number of methoxy groups -OCH3 is 1. The predicted molar refractivity (Wildman–Crippen MR) is 92.2 cm³/mol. The minimum Gasteiger partial charge on any atom is -0.497 e. The van der Waals surface area contributed by atoms with E-state index in [1.807, 2.05) is 55.5 Å². The van der Waals surface area contributed by atoms with Gasteiger partial charge in [0.1, 0.15) is 5.75 Å². The molecule has 2 rings (SSSR count). The lowest BCUT2D eigenvalue weighted by molar-refractivity contribution is 0.415. The molecule has 0 saturated heterocycles. The van der Waals surface area contributed by atoms with Crippen molar-refractivity contribution in [3.8, 4) is 5.75 Å². The van der Waals surface area contributed by atoms with Gasteiger partial charge in [-0.3, -0.25) is 0 Å². The monoisotopic (exact) mass is 320 g/mol. The van der Waals surface area contributed by atoms with Crippen LogP contribution in [0.15, 0.2) is 48.5 Å². The van der Waals surface area contributed by atoms with Crippen molar-refractivity contribution >= 4 is 34.6 Å². The predicted octanol–water partition coefficient (Wildman–Crippen LogP) is 4.40. The van der Waals surface area contributed by atoms with Crippen molar-refractivity contribution < 1.29 is 4.74 Å². The van der Waals surface area contributed by atoms with Gasteiger partial charge in [-0.15, -0.1) is 0 Å². The molecule has 2 N–H and O–H groups in total. The zero-order valence-corrected chi connectivity index (χ0v) is 13.5. The van der Waals surface area contributed by atoms with Gasteiger partial charge in [-0.1, -0.05) is 23.7 Å². The van der Waals surface area contributed by atoms with Crippen LogP contribution in [0, 0.1) is 0 Å². The van der Waals surface area contributed by atoms with Crippen molar-refractivity contribution in [3.63, 3.8) is 0 Å². The topological polar surface area (TPSA) is 33.3 Å². The summed E-state index contributed by atoms with van der Waals surface area (Å²) in [6.07, 6.45) is 0. The first-order valence-electron chi connectivity index (χ1n) is 6.55. The van der Waals surface area contributed by atoms with E-state index < -0.39 is 0 Å². The normalized spacial score (nSPS) is 11.6. The van der Waals surface area contributed by atoms with Gasteiger partial charge in [-0.2, -0.15) is 0 Å². The number of nitrogens with one attached hydrogen (secondary N) is 2. The lowest BCUT2D eigenvalue weighted by atomic mass is 10.1. The van der Waals surface area contributed by atoms with E-state index in [9.17, 15) is 0 Å². The molecule has 110 valence electrons. The maximum absolute atomic E-state index is 5.89. The molecule has 1 atom stereocenters. The lowest BCUT2D eigenvalue weighted by Gasteiger charge is -2.17. The molecule has 0 aliphatic rings. The van der Waals surface area contributed by atoms with Gasteiger partial charge in [0.15, 0.2) is 5.11 Å². The van der Waals surface area contributed by atoms with Crippen LogP contribution in [-0.2, 0) is 0 Å². The summed E-state index contributed by atoms with van der Waals surface area (Å²) in [5.74, 6) is 0.814. The standard InChI is InChI=1S/C16H17ClN2OS/c1-11(12-3-5-13(17)6-4-12)18-16(21)19-14-7-9-15(20-2)10-8-14/h3-11H,1-2H3,(H2,18,19,21)/t11-/m0/s1. The van der Waals surface area contributed by atoms with Crippen molar-refractivity contribution in [2.45, 2.75) is 13.0 Å². The van der Waals surface area contributed by atoms with Crippen molar-refractivity contribution in [1.29, 1.82) is 0 Å². The fraction of sp³-hybridized carbons (Fsp3) is 0.188. The molecule has 21 heavy (non-hydrogen) atoms. The summed E-state index contributed by atoms with van der Waals surface area (Å²) < 4.78 is 5.12. The van der Waals surface area contributed by atoms with E-state index in [2.05, 4.69) is 10.6 Å². The average Bonchev–Trinajstić information content (AvgIpc) is 2.48. The van der Waals surface area contributed by atoms with Gasteiger partial charge in [-0.05, 0) is 61.1 Å². The van der Waals surface area contributed by atoms with Crippen molar-refractivity contribution in [1.82, 2.24) is 5.32 Å². The number of benzene rings is 2. The Balaban J connectivity index is 1.92. The molecule has 0 heterocycles. The van der Waals surface area contributed by atoms with E-state index in [1.54, 1.807) is 7.11 Å². The van der Waals surface area contributed by atoms with Gasteiger partial charge in [0.05, 0.1) is 13.2 Å². The number of anilines is 1. The molecular formula is C16H17ClN2OS. The van der Waals surface area contributed by atoms with Crippen LogP contribution in [0.1, 0.15) is 18.5 Å². The number of hydrogen-bond donors (Lipinski definition) is 2. The smallest absolute Gasteiger partial charge is 0.171 e. The van der Waals surface area contributed by atoms with E-state index in [-0.39, 0.29) is 6.04 Å². The quantitative estimate of drug-likeness (QED) is 0.818. The number of hydrogen-bond acceptors (Lipinski definition) is 2. The Bertz CT molecular complexity index is 599. The highest BCUT2D eigenvalue weighted by molar-refractivity contribution is 7.80. The Morgan fingerprint density at radius 1 is 1.10 bits per heavy atom. The summed E-state index contributed by atoms with van der Waals surface area (Å²) in [7, 11) is 1.64. The first kappa shape index (κ1) is 15.6. The minimum atomic E-state index is 0.0977. The summed E-state index contributed by atoms with van der Waals surface area (Å²) in [6, 6.07) is 15.4. The van der Waals surface area contributed by atoms with E-state index in [0.717, 1.165) is 22.0 Å². The highest BCUT2D eigenvalue weighted by atomic mass is 35.5. The van der Waals surface area contributed by atoms with Crippen molar-refractivity contribution in [3.05, 3.63) is 59.1 Å². The van der Waals surface area contributed by atoms with Crippen molar-refractivity contribution in [2.75, 3.05) is 12.4 Å². The molecular weight excluding hydrogens is 304 g/mol. The molecule has 0 aromatic heterocycles. The van der Waals surface area contributed by atoms with E-state index in [1.165, 1.54) is 0 Å². The summed E-state index contributed by atoms with van der Waals surface area (Å²) >= 11 is 11.2. The molecule has 0 unspecified atom stereocenters. The Morgan fingerprint density at radius 2 is 1.71 bits per heavy atom. The first-order chi connectivity index (χ1) is 10.1. The molecule has 0 radical (unpaired) electrons. The third-order valence-electron chi connectivity index (χ3n) is 3.07. The largest absolute Gasteiger partial charge is 0.497 e. The maximum Gasteiger partial charge on any atom is 0.171 e. The van der Waals surface area contributed by atoms with E-state index in [4.69, 9.17) is 28.6 Å². The first-order valence-corrected chi connectivity index (χ1v) is 7.34. The Morgan fingerprint density at radius 3 is 2.29 bits per heavy atom. The van der Waals surface area contributed by atoms with Gasteiger partial charge >= 0.3 is 0 Å². The molecule has 0 amide bonds. The summed E-state index contributed by atoms with van der Waals surface area (Å²) in [6.45, 7) is 2.05. The van der Waals surface area contributed by atoms with E-state index >= 15 is 0 Å². The summed E-state index contributed by atoms with van der Waals surface area (Å²) in [5.41, 5.74) is 2.04. The van der Waals surface area contributed by atoms with Gasteiger partial charge in [0, 0.05) is 10.7 Å². The minimum absolute atomic E-state index is 0.0977. The van der Waals surface area contributed by atoms with Crippen LogP contribution in [-0.4, -0.2) is 12.2 Å². The molecule has 2 aromatic rings. The number of thiocarbonyl (C=S) groups is 1. The number of ether oxygens (including phenoxy) is 1. The summed E-state index contributed by atoms with van der Waals surface area (Å²) in [5, 5.41) is 7.68. The molecule has 0 saturated carbocycles. The molecule has 0 aliphatic heterocycles. The molecule has 3 nitrogen and oxygen atoms in total. The van der Waals surface area contributed by atoms with Crippen molar-refractivity contribution in [2.24, 2.45) is 0 Å². The Hall–Kier alpha value is -1.78. The van der Waals surface area contributed by atoms with Crippen LogP contribution >= 0.6 is 23.8 Å². The van der Waals surface area contributed by atoms with Gasteiger partial charge < -0.3 is 15.4 Å². The van der Waals surface area contributed by atoms with Gasteiger partial charge in [0.2, 0.25) is 0 Å². The maximum atomic E-state index is 5.89. The Kier molecular flexibility index (Phi) is 5.42. The third kappa shape index (κ3) is 4.62. The van der Waals surface area contributed by atoms with Gasteiger partial charge in [0.25, 0.3) is 0 Å². The number of rotatable bonds is 4. The Labute approximate surface area is 135 Å². The van der Waals surface area contributed by atoms with Crippen LogP contribution in [0.25, 0.3) is 0 Å². The third-order valence-corrected chi connectivity index (χ3v) is 3.54. The zero-order valence-electron chi connectivity index (χ0n) is 11.9. The highest BCUT2D eigenvalue weighted by Crippen LogP contribution is 2.17. The summed E-state index contributed by atoms with van der Waals surface area (Å²) in [4.78, 5) is 0. The lowest BCUT2D eigenvalue weighted by Crippen LogP contribution is -2.30. The molecule has 0 spiro atoms. The fourth-order valence-electron chi connectivity index (χ4n) is 1.87. The number of halogens is 1.